The van der Waals surface area contributed by atoms with E-state index in [0.717, 1.165) is 12.8 Å². The summed E-state index contributed by atoms with van der Waals surface area (Å²) in [7, 11) is 0. The molecule has 2 unspecified atom stereocenters. The topological polar surface area (TPSA) is 101 Å². The third kappa shape index (κ3) is 9.34. The molecule has 0 radical (unpaired) electrons. The molecule has 0 fully saturated rings. The maximum atomic E-state index is 12.0. The van der Waals surface area contributed by atoms with Gasteiger partial charge in [-0.2, -0.15) is 0 Å². The minimum atomic E-state index is -0.777. The number of aliphatic hydroxyl groups is 1. The number of hydrogen-bond donors (Lipinski definition) is 3. The van der Waals surface area contributed by atoms with Crippen LogP contribution in [0.25, 0.3) is 0 Å². The maximum absolute atomic E-state index is 12.0. The SMILES string of the molecule is CCCCCCCCCCCCCNC(=O)c1coc(C(N)C(C)O)n1. The van der Waals surface area contributed by atoms with E-state index in [-0.39, 0.29) is 17.5 Å². The van der Waals surface area contributed by atoms with Gasteiger partial charge in [0.25, 0.3) is 5.91 Å². The van der Waals surface area contributed by atoms with Gasteiger partial charge in [0.1, 0.15) is 12.3 Å². The fraction of sp³-hybridized carbons (Fsp3) is 0.800. The summed E-state index contributed by atoms with van der Waals surface area (Å²) >= 11 is 0. The third-order valence-corrected chi connectivity index (χ3v) is 4.63. The van der Waals surface area contributed by atoms with E-state index in [4.69, 9.17) is 10.2 Å². The normalized spacial score (nSPS) is 13.5. The van der Waals surface area contributed by atoms with Crippen LogP contribution in [0, 0.1) is 0 Å². The second-order valence-electron chi connectivity index (χ2n) is 7.13. The standard InChI is InChI=1S/C20H37N3O3/c1-3-4-5-6-7-8-9-10-11-12-13-14-22-19(25)17-15-26-20(23-17)18(21)16(2)24/h15-16,18,24H,3-14,21H2,1-2H3,(H,22,25). The number of nitrogens with zero attached hydrogens (tertiary/aromatic N) is 1. The van der Waals surface area contributed by atoms with Crippen LogP contribution in [-0.4, -0.2) is 28.6 Å². The van der Waals surface area contributed by atoms with Gasteiger partial charge in [0.05, 0.1) is 6.10 Å². The van der Waals surface area contributed by atoms with Crippen molar-refractivity contribution in [3.63, 3.8) is 0 Å². The van der Waals surface area contributed by atoms with Crippen molar-refractivity contribution in [3.05, 3.63) is 17.8 Å². The van der Waals surface area contributed by atoms with Crippen molar-refractivity contribution >= 4 is 5.91 Å². The first-order chi connectivity index (χ1) is 12.6. The Labute approximate surface area is 157 Å². The van der Waals surface area contributed by atoms with E-state index in [1.54, 1.807) is 6.92 Å². The molecule has 0 aliphatic rings. The van der Waals surface area contributed by atoms with Gasteiger partial charge in [0.2, 0.25) is 5.89 Å². The van der Waals surface area contributed by atoms with Crippen molar-refractivity contribution in [2.75, 3.05) is 6.54 Å². The van der Waals surface area contributed by atoms with Crippen LogP contribution in [0.3, 0.4) is 0 Å². The fourth-order valence-electron chi connectivity index (χ4n) is 2.83. The molecule has 0 saturated carbocycles. The van der Waals surface area contributed by atoms with Gasteiger partial charge < -0.3 is 20.6 Å². The third-order valence-electron chi connectivity index (χ3n) is 4.63. The van der Waals surface area contributed by atoms with Gasteiger partial charge in [0.15, 0.2) is 5.69 Å². The zero-order chi connectivity index (χ0) is 19.2. The van der Waals surface area contributed by atoms with Gasteiger partial charge in [0, 0.05) is 6.54 Å². The maximum Gasteiger partial charge on any atom is 0.273 e. The number of aliphatic hydroxyl groups excluding tert-OH is 1. The van der Waals surface area contributed by atoms with Gasteiger partial charge in [-0.3, -0.25) is 4.79 Å². The number of rotatable bonds is 15. The summed E-state index contributed by atoms with van der Waals surface area (Å²) in [6.07, 6.45) is 14.6. The first kappa shape index (κ1) is 22.6. The molecular formula is C20H37N3O3. The quantitative estimate of drug-likeness (QED) is 0.405. The highest BCUT2D eigenvalue weighted by molar-refractivity contribution is 5.91. The summed E-state index contributed by atoms with van der Waals surface area (Å²) in [4.78, 5) is 16.0. The van der Waals surface area contributed by atoms with E-state index in [0.29, 0.717) is 6.54 Å². The van der Waals surface area contributed by atoms with E-state index in [1.807, 2.05) is 0 Å². The lowest BCUT2D eigenvalue weighted by Gasteiger charge is -2.09. The van der Waals surface area contributed by atoms with E-state index in [2.05, 4.69) is 17.2 Å². The van der Waals surface area contributed by atoms with Crippen molar-refractivity contribution < 1.29 is 14.3 Å². The smallest absolute Gasteiger partial charge is 0.273 e. The van der Waals surface area contributed by atoms with Gasteiger partial charge in [-0.1, -0.05) is 71.1 Å². The van der Waals surface area contributed by atoms with Crippen molar-refractivity contribution in [1.82, 2.24) is 10.3 Å². The predicted molar refractivity (Wildman–Crippen MR) is 104 cm³/mol. The van der Waals surface area contributed by atoms with Gasteiger partial charge >= 0.3 is 0 Å². The molecule has 2 atom stereocenters. The minimum Gasteiger partial charge on any atom is -0.446 e. The molecule has 150 valence electrons. The molecule has 1 rings (SSSR count). The monoisotopic (exact) mass is 367 g/mol. The van der Waals surface area contributed by atoms with Gasteiger partial charge in [-0.05, 0) is 13.3 Å². The average molecular weight is 368 g/mol. The molecule has 1 heterocycles. The van der Waals surface area contributed by atoms with Crippen molar-refractivity contribution in [2.45, 2.75) is 96.6 Å². The second-order valence-corrected chi connectivity index (χ2v) is 7.13. The lowest BCUT2D eigenvalue weighted by atomic mass is 10.1. The molecule has 0 saturated heterocycles. The summed E-state index contributed by atoms with van der Waals surface area (Å²) < 4.78 is 5.17. The number of aromatic nitrogens is 1. The summed E-state index contributed by atoms with van der Waals surface area (Å²) in [6, 6.07) is -0.719. The van der Waals surface area contributed by atoms with E-state index < -0.39 is 12.1 Å². The largest absolute Gasteiger partial charge is 0.446 e. The number of oxazole rings is 1. The number of unbranched alkanes of at least 4 members (excludes halogenated alkanes) is 10. The Kier molecular flexibility index (Phi) is 12.0. The van der Waals surface area contributed by atoms with Crippen molar-refractivity contribution in [3.8, 4) is 0 Å². The lowest BCUT2D eigenvalue weighted by Crippen LogP contribution is -2.26. The zero-order valence-corrected chi connectivity index (χ0v) is 16.5. The van der Waals surface area contributed by atoms with Gasteiger partial charge in [-0.15, -0.1) is 0 Å². The van der Waals surface area contributed by atoms with Crippen molar-refractivity contribution in [1.29, 1.82) is 0 Å². The molecule has 0 aliphatic carbocycles. The molecule has 0 spiro atoms. The average Bonchev–Trinajstić information content (AvgIpc) is 3.11. The van der Waals surface area contributed by atoms with Crippen LogP contribution in [0.2, 0.25) is 0 Å². The second kappa shape index (κ2) is 13.8. The molecule has 0 bridgehead atoms. The van der Waals surface area contributed by atoms with E-state index >= 15 is 0 Å². The Morgan fingerprint density at radius 3 is 2.19 bits per heavy atom. The van der Waals surface area contributed by atoms with Crippen LogP contribution in [0.5, 0.6) is 0 Å². The molecule has 4 N–H and O–H groups in total. The van der Waals surface area contributed by atoms with Crippen molar-refractivity contribution in [2.24, 2.45) is 5.73 Å². The summed E-state index contributed by atoms with van der Waals surface area (Å²) in [5, 5.41) is 12.3. The van der Waals surface area contributed by atoms with Crippen LogP contribution < -0.4 is 11.1 Å². The molecular weight excluding hydrogens is 330 g/mol. The Balaban J connectivity index is 2.02. The highest BCUT2D eigenvalue weighted by atomic mass is 16.3. The van der Waals surface area contributed by atoms with Crippen LogP contribution in [0.1, 0.15) is 107 Å². The zero-order valence-electron chi connectivity index (χ0n) is 16.5. The van der Waals surface area contributed by atoms with Crippen LogP contribution >= 0.6 is 0 Å². The molecule has 26 heavy (non-hydrogen) atoms. The highest BCUT2D eigenvalue weighted by Crippen LogP contribution is 2.14. The Morgan fingerprint density at radius 1 is 1.12 bits per heavy atom. The Hall–Kier alpha value is -1.40. The summed E-state index contributed by atoms with van der Waals surface area (Å²) in [6.45, 7) is 4.44. The summed E-state index contributed by atoms with van der Waals surface area (Å²) in [5.41, 5.74) is 5.94. The van der Waals surface area contributed by atoms with E-state index in [1.165, 1.54) is 64.1 Å². The highest BCUT2D eigenvalue weighted by Gasteiger charge is 2.20. The molecule has 1 amide bonds. The van der Waals surface area contributed by atoms with Gasteiger partial charge in [-0.25, -0.2) is 4.98 Å². The summed E-state index contributed by atoms with van der Waals surface area (Å²) in [5.74, 6) is -0.0790. The first-order valence-electron chi connectivity index (χ1n) is 10.2. The molecule has 0 aliphatic heterocycles. The van der Waals surface area contributed by atoms with Crippen LogP contribution in [0.15, 0.2) is 10.7 Å². The van der Waals surface area contributed by atoms with E-state index in [9.17, 15) is 9.90 Å². The fourth-order valence-corrected chi connectivity index (χ4v) is 2.83. The number of nitrogens with one attached hydrogen (secondary N) is 1. The van der Waals surface area contributed by atoms with Crippen LogP contribution in [-0.2, 0) is 0 Å². The first-order valence-corrected chi connectivity index (χ1v) is 10.2. The Bertz CT molecular complexity index is 488. The number of carbonyl (C=O) groups excluding carboxylic acids is 1. The molecule has 0 aromatic carbocycles. The minimum absolute atomic E-state index is 0.180. The molecule has 6 heteroatoms. The van der Waals surface area contributed by atoms with Crippen LogP contribution in [0.4, 0.5) is 0 Å². The Morgan fingerprint density at radius 2 is 1.65 bits per heavy atom. The number of hydrogen-bond acceptors (Lipinski definition) is 5. The number of carbonyl (C=O) groups is 1. The number of amides is 1. The molecule has 6 nitrogen and oxygen atoms in total. The lowest BCUT2D eigenvalue weighted by molar-refractivity contribution is 0.0947. The predicted octanol–water partition coefficient (Wildman–Crippen LogP) is 4.10. The molecule has 1 aromatic rings. The molecule has 1 aromatic heterocycles. The number of nitrogens with two attached hydrogens (primary N) is 1.